The lowest BCUT2D eigenvalue weighted by Gasteiger charge is -2.34. The highest BCUT2D eigenvalue weighted by atomic mass is 16.5. The van der Waals surface area contributed by atoms with Gasteiger partial charge in [-0.05, 0) is 19.8 Å². The van der Waals surface area contributed by atoms with Crippen LogP contribution in [0, 0.1) is 0 Å². The second-order valence-corrected chi connectivity index (χ2v) is 3.59. The highest BCUT2D eigenvalue weighted by molar-refractivity contribution is 5.86. The molecule has 1 saturated heterocycles. The smallest absolute Gasteiger partial charge is 0.242 e. The Hall–Kier alpha value is -0.610. The molecule has 1 amide bonds. The summed E-state index contributed by atoms with van der Waals surface area (Å²) in [6, 6.07) is 0. The Morgan fingerprint density at radius 3 is 2.54 bits per heavy atom. The van der Waals surface area contributed by atoms with Crippen LogP contribution in [-0.4, -0.2) is 43.2 Å². The zero-order chi connectivity index (χ0) is 9.90. The van der Waals surface area contributed by atoms with Gasteiger partial charge in [0, 0.05) is 26.8 Å². The normalized spacial score (nSPS) is 21.2. The lowest BCUT2D eigenvalue weighted by atomic mass is 9.90. The number of likely N-dealkylation sites (N-methyl/N-ethyl adjacent to an activating group) is 1. The predicted molar refractivity (Wildman–Crippen MR) is 50.3 cm³/mol. The second-order valence-electron chi connectivity index (χ2n) is 3.59. The topological polar surface area (TPSA) is 55.6 Å². The minimum atomic E-state index is -0.678. The van der Waals surface area contributed by atoms with Crippen molar-refractivity contribution in [1.29, 1.82) is 0 Å². The molecule has 1 fully saturated rings. The molecule has 0 saturated carbocycles. The van der Waals surface area contributed by atoms with Crippen LogP contribution in [0.5, 0.6) is 0 Å². The fourth-order valence-corrected chi connectivity index (χ4v) is 1.47. The standard InChI is InChI=1S/C9H18N2O2/c1-3-11(2)8(12)9(10)4-6-13-7-5-9/h3-7,10H2,1-2H3. The summed E-state index contributed by atoms with van der Waals surface area (Å²) in [5, 5.41) is 0. The predicted octanol–water partition coefficient (Wildman–Crippen LogP) is -0.0274. The number of hydrogen-bond acceptors (Lipinski definition) is 3. The average Bonchev–Trinajstić information content (AvgIpc) is 2.16. The molecular formula is C9H18N2O2. The van der Waals surface area contributed by atoms with Crippen molar-refractivity contribution in [3.05, 3.63) is 0 Å². The van der Waals surface area contributed by atoms with Gasteiger partial charge >= 0.3 is 0 Å². The van der Waals surface area contributed by atoms with E-state index in [-0.39, 0.29) is 5.91 Å². The molecule has 1 aliphatic heterocycles. The van der Waals surface area contributed by atoms with Crippen LogP contribution in [0.25, 0.3) is 0 Å². The Bertz CT molecular complexity index is 188. The first-order chi connectivity index (χ1) is 6.10. The van der Waals surface area contributed by atoms with E-state index in [1.54, 1.807) is 11.9 Å². The molecule has 0 radical (unpaired) electrons. The van der Waals surface area contributed by atoms with Gasteiger partial charge in [-0.3, -0.25) is 4.79 Å². The maximum absolute atomic E-state index is 11.8. The number of rotatable bonds is 2. The first-order valence-electron chi connectivity index (χ1n) is 4.72. The third kappa shape index (κ3) is 2.19. The van der Waals surface area contributed by atoms with Gasteiger partial charge in [-0.1, -0.05) is 0 Å². The van der Waals surface area contributed by atoms with Crippen LogP contribution < -0.4 is 5.73 Å². The van der Waals surface area contributed by atoms with Gasteiger partial charge in [0.25, 0.3) is 0 Å². The van der Waals surface area contributed by atoms with Gasteiger partial charge < -0.3 is 15.4 Å². The van der Waals surface area contributed by atoms with Crippen molar-refractivity contribution in [1.82, 2.24) is 4.90 Å². The van der Waals surface area contributed by atoms with Crippen LogP contribution in [0.4, 0.5) is 0 Å². The number of carbonyl (C=O) groups excluding carboxylic acids is 1. The molecule has 4 heteroatoms. The molecular weight excluding hydrogens is 168 g/mol. The fourth-order valence-electron chi connectivity index (χ4n) is 1.47. The first kappa shape index (κ1) is 10.5. The fraction of sp³-hybridized carbons (Fsp3) is 0.889. The van der Waals surface area contributed by atoms with Crippen LogP contribution >= 0.6 is 0 Å². The third-order valence-corrected chi connectivity index (χ3v) is 2.63. The van der Waals surface area contributed by atoms with E-state index in [0.29, 0.717) is 32.6 Å². The van der Waals surface area contributed by atoms with Crippen molar-refractivity contribution in [2.45, 2.75) is 25.3 Å². The summed E-state index contributed by atoms with van der Waals surface area (Å²) in [6.45, 7) is 3.85. The number of hydrogen-bond donors (Lipinski definition) is 1. The largest absolute Gasteiger partial charge is 0.381 e. The minimum absolute atomic E-state index is 0.0401. The van der Waals surface area contributed by atoms with E-state index in [9.17, 15) is 4.79 Å². The molecule has 0 unspecified atom stereocenters. The zero-order valence-electron chi connectivity index (χ0n) is 8.38. The minimum Gasteiger partial charge on any atom is -0.381 e. The average molecular weight is 186 g/mol. The Morgan fingerprint density at radius 1 is 1.54 bits per heavy atom. The van der Waals surface area contributed by atoms with Gasteiger partial charge in [0.2, 0.25) is 5.91 Å². The van der Waals surface area contributed by atoms with E-state index < -0.39 is 5.54 Å². The van der Waals surface area contributed by atoms with Gasteiger partial charge in [0.1, 0.15) is 0 Å². The van der Waals surface area contributed by atoms with E-state index in [1.165, 1.54) is 0 Å². The Morgan fingerprint density at radius 2 is 2.08 bits per heavy atom. The summed E-state index contributed by atoms with van der Waals surface area (Å²) in [7, 11) is 1.78. The molecule has 0 aromatic carbocycles. The molecule has 0 atom stereocenters. The number of nitrogens with two attached hydrogens (primary N) is 1. The number of amides is 1. The van der Waals surface area contributed by atoms with Crippen molar-refractivity contribution in [3.63, 3.8) is 0 Å². The molecule has 0 bridgehead atoms. The van der Waals surface area contributed by atoms with Crippen LogP contribution in [0.15, 0.2) is 0 Å². The Labute approximate surface area is 79.0 Å². The molecule has 13 heavy (non-hydrogen) atoms. The molecule has 4 nitrogen and oxygen atoms in total. The molecule has 0 spiro atoms. The van der Waals surface area contributed by atoms with Gasteiger partial charge in [-0.2, -0.15) is 0 Å². The van der Waals surface area contributed by atoms with Gasteiger partial charge in [0.15, 0.2) is 0 Å². The van der Waals surface area contributed by atoms with E-state index in [0.717, 1.165) is 0 Å². The number of nitrogens with zero attached hydrogens (tertiary/aromatic N) is 1. The quantitative estimate of drug-likeness (QED) is 0.659. The van der Waals surface area contributed by atoms with Crippen molar-refractivity contribution in [2.75, 3.05) is 26.8 Å². The van der Waals surface area contributed by atoms with Gasteiger partial charge in [-0.25, -0.2) is 0 Å². The van der Waals surface area contributed by atoms with E-state index in [1.807, 2.05) is 6.92 Å². The zero-order valence-corrected chi connectivity index (χ0v) is 8.38. The van der Waals surface area contributed by atoms with Crippen molar-refractivity contribution in [3.8, 4) is 0 Å². The van der Waals surface area contributed by atoms with E-state index in [4.69, 9.17) is 10.5 Å². The summed E-state index contributed by atoms with van der Waals surface area (Å²) in [5.74, 6) is 0.0401. The highest BCUT2D eigenvalue weighted by Crippen LogP contribution is 2.19. The molecule has 1 heterocycles. The Balaban J connectivity index is 2.61. The summed E-state index contributed by atoms with van der Waals surface area (Å²) in [6.07, 6.45) is 1.27. The van der Waals surface area contributed by atoms with Crippen molar-refractivity contribution < 1.29 is 9.53 Å². The summed E-state index contributed by atoms with van der Waals surface area (Å²) in [5.41, 5.74) is 5.33. The Kier molecular flexibility index (Phi) is 3.27. The summed E-state index contributed by atoms with van der Waals surface area (Å²) in [4.78, 5) is 13.5. The van der Waals surface area contributed by atoms with E-state index in [2.05, 4.69) is 0 Å². The second kappa shape index (κ2) is 4.07. The SMILES string of the molecule is CCN(C)C(=O)C1(N)CCOCC1. The van der Waals surface area contributed by atoms with Crippen molar-refractivity contribution >= 4 is 5.91 Å². The molecule has 2 N–H and O–H groups in total. The summed E-state index contributed by atoms with van der Waals surface area (Å²) < 4.78 is 5.18. The lowest BCUT2D eigenvalue weighted by molar-refractivity contribution is -0.139. The maximum Gasteiger partial charge on any atom is 0.242 e. The van der Waals surface area contributed by atoms with Crippen LogP contribution in [0.3, 0.4) is 0 Å². The third-order valence-electron chi connectivity index (χ3n) is 2.63. The van der Waals surface area contributed by atoms with E-state index >= 15 is 0 Å². The van der Waals surface area contributed by atoms with Crippen LogP contribution in [-0.2, 0) is 9.53 Å². The van der Waals surface area contributed by atoms with Crippen molar-refractivity contribution in [2.24, 2.45) is 5.73 Å². The van der Waals surface area contributed by atoms with Gasteiger partial charge in [-0.15, -0.1) is 0 Å². The lowest BCUT2D eigenvalue weighted by Crippen LogP contribution is -2.57. The summed E-state index contributed by atoms with van der Waals surface area (Å²) >= 11 is 0. The van der Waals surface area contributed by atoms with Crippen LogP contribution in [0.2, 0.25) is 0 Å². The molecule has 1 aliphatic rings. The number of carbonyl (C=O) groups is 1. The molecule has 0 aromatic rings. The molecule has 0 aliphatic carbocycles. The molecule has 76 valence electrons. The highest BCUT2D eigenvalue weighted by Gasteiger charge is 2.37. The molecule has 0 aromatic heterocycles. The maximum atomic E-state index is 11.8. The number of ether oxygens (including phenoxy) is 1. The van der Waals surface area contributed by atoms with Gasteiger partial charge in [0.05, 0.1) is 5.54 Å². The molecule has 1 rings (SSSR count). The van der Waals surface area contributed by atoms with Crippen LogP contribution in [0.1, 0.15) is 19.8 Å². The monoisotopic (exact) mass is 186 g/mol. The first-order valence-corrected chi connectivity index (χ1v) is 4.72.